The Morgan fingerprint density at radius 1 is 0.436 bits per heavy atom. The summed E-state index contributed by atoms with van der Waals surface area (Å²) >= 11 is 3.47. The van der Waals surface area contributed by atoms with Gasteiger partial charge in [-0.25, -0.2) is 15.0 Å². The van der Waals surface area contributed by atoms with Gasteiger partial charge in [-0.05, 0) is 145 Å². The zero-order chi connectivity index (χ0) is 71.1. The number of likely N-dealkylation sites (N-methyl/N-ethyl adjacent to an activating group) is 3. The third kappa shape index (κ3) is 13.4. The summed E-state index contributed by atoms with van der Waals surface area (Å²) in [5.74, 6) is 5.86. The van der Waals surface area contributed by atoms with E-state index in [1.165, 1.54) is 35.0 Å². The van der Waals surface area contributed by atoms with Gasteiger partial charge in [0.1, 0.15) is 34.1 Å². The monoisotopic (exact) mass is 1450 g/mol. The van der Waals surface area contributed by atoms with Crippen LogP contribution in [-0.2, 0) is 45.2 Å². The molecule has 0 bridgehead atoms. The van der Waals surface area contributed by atoms with Gasteiger partial charge in [-0.15, -0.1) is 0 Å². The maximum atomic E-state index is 13.5. The molecular formula is C73H87BBrN9O17. The van der Waals surface area contributed by atoms with Gasteiger partial charge in [-0.3, -0.25) is 29.1 Å². The molecule has 28 heteroatoms. The highest BCUT2D eigenvalue weighted by Crippen LogP contribution is 2.56. The summed E-state index contributed by atoms with van der Waals surface area (Å²) in [6.07, 6.45) is 6.35. The van der Waals surface area contributed by atoms with E-state index in [2.05, 4.69) is 20.9 Å². The van der Waals surface area contributed by atoms with Crippen molar-refractivity contribution in [1.82, 2.24) is 14.7 Å². The third-order valence-corrected chi connectivity index (χ3v) is 20.4. The van der Waals surface area contributed by atoms with Crippen LogP contribution in [0.4, 0.5) is 0 Å². The number of fused-ring (bicyclic) bond motifs is 6. The van der Waals surface area contributed by atoms with E-state index in [9.17, 15) is 14.4 Å². The van der Waals surface area contributed by atoms with Crippen molar-refractivity contribution < 1.29 is 81.3 Å². The number of amides is 3. The van der Waals surface area contributed by atoms with Crippen LogP contribution in [0.2, 0.25) is 0 Å². The number of rotatable bonds is 9. The van der Waals surface area contributed by atoms with Gasteiger partial charge in [-0.2, -0.15) is 0 Å². The summed E-state index contributed by atoms with van der Waals surface area (Å²) in [5.41, 5.74) is 19.5. The van der Waals surface area contributed by atoms with Gasteiger partial charge in [0.15, 0.2) is 69.0 Å². The highest BCUT2D eigenvalue weighted by molar-refractivity contribution is 9.10. The predicted octanol–water partition coefficient (Wildman–Crippen LogP) is 7.15. The standard InChI is InChI=1S/2C24H27N3O5.C16H18BrN3O3.C8H11BO4.CH4/c2*1-27-21(28)24(26-22(27)25)13-23(9-4-10-31-14-23)32-18-7-5-15(11-17(18)24)16-6-8-19(29-2)20(12-16)30-3;1-20-13(21)16(19-14(20)18)8-15(5-2-6-22-9-15)23-12-4-3-10(17)7-11(12)16;1-12-7-4-3-6(9(10)11)5-8(7)13-2;/h2*5-8,11-12H,4,9-10,13-14H2,1-3H3,(H2,25,26);3-4,7H,2,5-6,8-9H2,1H3,(H2,18,19);3-5,10-11H,1-2H3;1H4/t23-,24+;23-,24-;;;/m10.../s1. The molecule has 6 atom stereocenters. The largest absolute Gasteiger partial charge is 0.493 e. The molecule has 9 aliphatic heterocycles. The number of methoxy groups -OCH3 is 6. The molecule has 6 spiro atoms. The van der Waals surface area contributed by atoms with Crippen molar-refractivity contribution in [3.63, 3.8) is 0 Å². The minimum absolute atomic E-state index is 0. The SMILES string of the molecule is C.CN1C(=O)C2(CC3(CCCOC3)Oc3ccc(Br)cc32)N=C1N.COc1ccc(-c2ccc3c(c2)[C@]2(C[C@@]4(CCCOC4)O3)N=C(N)N(C)C2=O)cc1OC.COc1ccc(-c2ccc3c(c2)[C@]2(C[C@]4(CCCOC4)O3)N=C(N)N(C)C2=O)cc1OC.COc1ccc(B(O)O)cc1OC. The summed E-state index contributed by atoms with van der Waals surface area (Å²) in [6, 6.07) is 33.6. The van der Waals surface area contributed by atoms with Crippen molar-refractivity contribution in [2.75, 3.05) is 103 Å². The molecule has 6 aromatic carbocycles. The third-order valence-electron chi connectivity index (χ3n) is 19.9. The fourth-order valence-electron chi connectivity index (χ4n) is 14.8. The molecule has 536 valence electrons. The summed E-state index contributed by atoms with van der Waals surface area (Å²) < 4.78 is 68.9. The Balaban J connectivity index is 0.000000141. The van der Waals surface area contributed by atoms with Crippen LogP contribution < -0.4 is 65.3 Å². The van der Waals surface area contributed by atoms with Crippen LogP contribution in [0.5, 0.6) is 51.7 Å². The lowest BCUT2D eigenvalue weighted by atomic mass is 9.74. The normalized spacial score (nSPS) is 25.6. The van der Waals surface area contributed by atoms with Crippen molar-refractivity contribution in [1.29, 1.82) is 0 Å². The fraction of sp³-hybridized carbons (Fsp3) is 0.425. The molecule has 15 rings (SSSR count). The van der Waals surface area contributed by atoms with E-state index in [0.29, 0.717) is 110 Å². The van der Waals surface area contributed by atoms with Crippen LogP contribution in [0.25, 0.3) is 22.3 Å². The number of ether oxygens (including phenoxy) is 12. The van der Waals surface area contributed by atoms with Crippen molar-refractivity contribution >= 4 is 64.1 Å². The summed E-state index contributed by atoms with van der Waals surface area (Å²) in [7, 11) is 12.9. The van der Waals surface area contributed by atoms with Gasteiger partial charge in [-0.1, -0.05) is 53.7 Å². The van der Waals surface area contributed by atoms with Gasteiger partial charge < -0.3 is 84.1 Å². The molecule has 0 aromatic heterocycles. The summed E-state index contributed by atoms with van der Waals surface area (Å²) in [5, 5.41) is 17.7. The van der Waals surface area contributed by atoms with Gasteiger partial charge in [0.2, 0.25) is 0 Å². The molecule has 26 nitrogen and oxygen atoms in total. The molecule has 0 radical (unpaired) electrons. The zero-order valence-corrected chi connectivity index (χ0v) is 59.0. The number of hydrogen-bond donors (Lipinski definition) is 5. The predicted molar refractivity (Wildman–Crippen MR) is 383 cm³/mol. The van der Waals surface area contributed by atoms with E-state index < -0.39 is 40.5 Å². The molecule has 3 saturated heterocycles. The van der Waals surface area contributed by atoms with Crippen LogP contribution in [0.3, 0.4) is 0 Å². The number of guanidine groups is 3. The number of carbonyl (C=O) groups is 3. The second-order valence-electron chi connectivity index (χ2n) is 26.1. The number of nitrogens with two attached hydrogens (primary N) is 3. The van der Waals surface area contributed by atoms with E-state index >= 15 is 0 Å². The molecule has 3 amide bonds. The first-order chi connectivity index (χ1) is 48.0. The maximum absolute atomic E-state index is 13.5. The van der Waals surface area contributed by atoms with E-state index in [0.717, 1.165) is 88.5 Å². The van der Waals surface area contributed by atoms with Crippen LogP contribution in [0.15, 0.2) is 129 Å². The maximum Gasteiger partial charge on any atom is 0.488 e. The van der Waals surface area contributed by atoms with Gasteiger partial charge >= 0.3 is 7.12 Å². The number of hydrogen-bond acceptors (Lipinski definition) is 23. The lowest BCUT2D eigenvalue weighted by molar-refractivity contribution is -0.139. The van der Waals surface area contributed by atoms with Gasteiger partial charge in [0.05, 0.1) is 62.5 Å². The van der Waals surface area contributed by atoms with E-state index in [-0.39, 0.29) is 43.0 Å². The molecule has 0 saturated carbocycles. The Bertz CT molecular complexity index is 4060. The average molecular weight is 1450 g/mol. The molecule has 3 fully saturated rings. The first-order valence-corrected chi connectivity index (χ1v) is 33.6. The number of benzene rings is 6. The molecule has 0 aliphatic carbocycles. The second-order valence-corrected chi connectivity index (χ2v) is 27.0. The topological polar surface area (TPSA) is 327 Å². The number of halogens is 1. The van der Waals surface area contributed by atoms with E-state index in [1.807, 2.05) is 91.0 Å². The Morgan fingerprint density at radius 2 is 0.743 bits per heavy atom. The van der Waals surface area contributed by atoms with Crippen LogP contribution in [0.1, 0.15) is 81.9 Å². The first kappa shape index (κ1) is 72.9. The summed E-state index contributed by atoms with van der Waals surface area (Å²) in [6.45, 7) is 3.45. The quantitative estimate of drug-likeness (QED) is 0.0897. The van der Waals surface area contributed by atoms with Crippen molar-refractivity contribution in [2.45, 2.75) is 98.6 Å². The Hall–Kier alpha value is -9.32. The van der Waals surface area contributed by atoms with Crippen LogP contribution in [-0.4, -0.2) is 188 Å². The molecule has 101 heavy (non-hydrogen) atoms. The molecule has 6 aromatic rings. The highest BCUT2D eigenvalue weighted by Gasteiger charge is 2.62. The Kier molecular flexibility index (Phi) is 20.9. The van der Waals surface area contributed by atoms with Gasteiger partial charge in [0, 0.05) is 81.4 Å². The van der Waals surface area contributed by atoms with Crippen molar-refractivity contribution in [3.8, 4) is 74.0 Å². The van der Waals surface area contributed by atoms with Crippen LogP contribution >= 0.6 is 15.9 Å². The van der Waals surface area contributed by atoms with E-state index in [4.69, 9.17) is 94.1 Å². The highest BCUT2D eigenvalue weighted by atomic mass is 79.9. The Labute approximate surface area is 595 Å². The number of aliphatic imine (C=N–C) groups is 3. The van der Waals surface area contributed by atoms with Crippen LogP contribution in [0, 0.1) is 0 Å². The van der Waals surface area contributed by atoms with Crippen molar-refractivity contribution in [3.05, 3.63) is 130 Å². The van der Waals surface area contributed by atoms with Gasteiger partial charge in [0.25, 0.3) is 17.7 Å². The minimum atomic E-state index is -1.49. The Morgan fingerprint density at radius 3 is 1.05 bits per heavy atom. The minimum Gasteiger partial charge on any atom is -0.493 e. The zero-order valence-electron chi connectivity index (χ0n) is 57.4. The molecule has 8 N–H and O–H groups in total. The smallest absolute Gasteiger partial charge is 0.488 e. The number of nitrogens with zero attached hydrogens (tertiary/aromatic N) is 6. The van der Waals surface area contributed by atoms with E-state index in [1.54, 1.807) is 61.7 Å². The first-order valence-electron chi connectivity index (χ1n) is 32.8. The molecule has 9 aliphatic rings. The van der Waals surface area contributed by atoms with Crippen molar-refractivity contribution in [2.24, 2.45) is 32.2 Å². The number of carbonyl (C=O) groups excluding carboxylic acids is 3. The lowest BCUT2D eigenvalue weighted by Gasteiger charge is -2.46. The molecule has 2 unspecified atom stereocenters. The summed E-state index contributed by atoms with van der Waals surface area (Å²) in [4.78, 5) is 58.3. The fourth-order valence-corrected chi connectivity index (χ4v) is 15.2. The second kappa shape index (κ2) is 29.0. The lowest BCUT2D eigenvalue weighted by Crippen LogP contribution is -2.55. The molecule has 9 heterocycles. The molecular weight excluding hydrogens is 1370 g/mol. The average Bonchev–Trinajstić information content (AvgIpc) is 1.68.